The Morgan fingerprint density at radius 1 is 1.34 bits per heavy atom. The molecule has 1 aliphatic rings. The second-order valence-electron chi connectivity index (χ2n) is 6.86. The lowest BCUT2D eigenvalue weighted by Gasteiger charge is -2.39. The molecule has 0 aromatic carbocycles. The van der Waals surface area contributed by atoms with Crippen molar-refractivity contribution in [3.8, 4) is 0 Å². The molecule has 0 bridgehead atoms. The number of anilines is 2. The molecule has 8 nitrogen and oxygen atoms in total. The first kappa shape index (κ1) is 19.5. The van der Waals surface area contributed by atoms with Gasteiger partial charge in [-0.25, -0.2) is 4.79 Å². The number of nitrogens with zero attached hydrogens (tertiary/aromatic N) is 5. The summed E-state index contributed by atoms with van der Waals surface area (Å²) in [6.45, 7) is 3.31. The molecule has 2 amide bonds. The number of rotatable bonds is 4. The monoisotopic (exact) mass is 429 g/mol. The number of halogens is 1. The summed E-state index contributed by atoms with van der Waals surface area (Å²) in [5, 5.41) is 15.5. The number of aromatic nitrogens is 4. The molecule has 0 aliphatic carbocycles. The first-order valence-electron chi connectivity index (χ1n) is 9.23. The van der Waals surface area contributed by atoms with Gasteiger partial charge in [0.15, 0.2) is 5.82 Å². The normalized spacial score (nSPS) is 19.0. The number of pyridine rings is 1. The highest BCUT2D eigenvalue weighted by molar-refractivity contribution is 7.10. The number of piperidine rings is 1. The SMILES string of the molecule is Cc1cc(NC(=O)N[C@@H]2CCN(c3cccnn3)C[C@H]2c2ccc(Cl)cn2)sn1. The van der Waals surface area contributed by atoms with Gasteiger partial charge in [-0.05, 0) is 55.2 Å². The number of aryl methyl sites for hydroxylation is 1. The van der Waals surface area contributed by atoms with Crippen molar-refractivity contribution in [2.45, 2.75) is 25.3 Å². The molecule has 0 unspecified atom stereocenters. The van der Waals surface area contributed by atoms with Crippen LogP contribution in [-0.2, 0) is 0 Å². The molecule has 3 aromatic rings. The predicted octanol–water partition coefficient (Wildman–Crippen LogP) is 3.47. The van der Waals surface area contributed by atoms with Gasteiger partial charge in [0.2, 0.25) is 0 Å². The van der Waals surface area contributed by atoms with Gasteiger partial charge in [-0.15, -0.1) is 5.10 Å². The van der Waals surface area contributed by atoms with Crippen LogP contribution in [0.3, 0.4) is 0 Å². The van der Waals surface area contributed by atoms with Crippen LogP contribution < -0.4 is 15.5 Å². The number of urea groups is 1. The van der Waals surface area contributed by atoms with E-state index in [0.717, 1.165) is 35.2 Å². The molecule has 0 radical (unpaired) electrons. The Morgan fingerprint density at radius 2 is 2.24 bits per heavy atom. The Labute approximate surface area is 177 Å². The molecular weight excluding hydrogens is 410 g/mol. The molecule has 1 fully saturated rings. The zero-order valence-corrected chi connectivity index (χ0v) is 17.3. The van der Waals surface area contributed by atoms with Crippen LogP contribution in [0.4, 0.5) is 15.6 Å². The summed E-state index contributed by atoms with van der Waals surface area (Å²) in [5.74, 6) is 0.798. The van der Waals surface area contributed by atoms with Crippen molar-refractivity contribution in [1.29, 1.82) is 0 Å². The molecule has 29 heavy (non-hydrogen) atoms. The summed E-state index contributed by atoms with van der Waals surface area (Å²) in [4.78, 5) is 19.2. The third kappa shape index (κ3) is 4.80. The zero-order chi connectivity index (χ0) is 20.2. The number of amides is 2. The minimum Gasteiger partial charge on any atom is -0.354 e. The minimum absolute atomic E-state index is 0.0167. The van der Waals surface area contributed by atoms with Crippen molar-refractivity contribution < 1.29 is 4.79 Å². The fraction of sp³-hybridized carbons (Fsp3) is 0.316. The van der Waals surface area contributed by atoms with E-state index in [-0.39, 0.29) is 18.0 Å². The molecule has 4 rings (SSSR count). The number of carbonyl (C=O) groups is 1. The topological polar surface area (TPSA) is 95.9 Å². The van der Waals surface area contributed by atoms with Crippen molar-refractivity contribution in [3.05, 3.63) is 59.1 Å². The van der Waals surface area contributed by atoms with E-state index in [9.17, 15) is 4.79 Å². The molecule has 4 heterocycles. The summed E-state index contributed by atoms with van der Waals surface area (Å²) in [6.07, 6.45) is 4.04. The van der Waals surface area contributed by atoms with Crippen LogP contribution in [0.5, 0.6) is 0 Å². The van der Waals surface area contributed by atoms with E-state index in [2.05, 4.69) is 35.1 Å². The maximum absolute atomic E-state index is 12.6. The van der Waals surface area contributed by atoms with Gasteiger partial charge in [-0.3, -0.25) is 10.3 Å². The van der Waals surface area contributed by atoms with Gasteiger partial charge < -0.3 is 10.2 Å². The summed E-state index contributed by atoms with van der Waals surface area (Å²) in [5.41, 5.74) is 1.76. The average Bonchev–Trinajstić information content (AvgIpc) is 3.14. The standard InChI is InChI=1S/C19H20ClN7OS/c1-12-9-18(29-26-12)24-19(28)23-16-6-8-27(17-3-2-7-22-25-17)11-14(16)15-5-4-13(20)10-21-15/h2-5,7,9-10,14,16H,6,8,11H2,1H3,(H2,23,24,28)/t14-,16+/m0/s1. The van der Waals surface area contributed by atoms with E-state index >= 15 is 0 Å². The van der Waals surface area contributed by atoms with Crippen molar-refractivity contribution in [2.24, 2.45) is 0 Å². The highest BCUT2D eigenvalue weighted by atomic mass is 35.5. The van der Waals surface area contributed by atoms with E-state index < -0.39 is 0 Å². The van der Waals surface area contributed by atoms with E-state index in [4.69, 9.17) is 11.6 Å². The summed E-state index contributed by atoms with van der Waals surface area (Å²) in [7, 11) is 0. The highest BCUT2D eigenvalue weighted by Gasteiger charge is 2.33. The van der Waals surface area contributed by atoms with Crippen molar-refractivity contribution in [3.63, 3.8) is 0 Å². The molecule has 0 saturated carbocycles. The second-order valence-corrected chi connectivity index (χ2v) is 8.10. The lowest BCUT2D eigenvalue weighted by Crippen LogP contribution is -2.51. The molecule has 2 atom stereocenters. The Morgan fingerprint density at radius 3 is 2.93 bits per heavy atom. The van der Waals surface area contributed by atoms with Crippen LogP contribution in [-0.4, -0.2) is 44.7 Å². The van der Waals surface area contributed by atoms with Crippen LogP contribution in [0, 0.1) is 6.92 Å². The van der Waals surface area contributed by atoms with Gasteiger partial charge in [0.1, 0.15) is 5.00 Å². The smallest absolute Gasteiger partial charge is 0.320 e. The van der Waals surface area contributed by atoms with Gasteiger partial charge in [0.05, 0.1) is 10.7 Å². The molecule has 150 valence electrons. The van der Waals surface area contributed by atoms with Crippen molar-refractivity contribution in [1.82, 2.24) is 24.9 Å². The average molecular weight is 430 g/mol. The van der Waals surface area contributed by atoms with E-state index in [1.165, 1.54) is 11.5 Å². The molecule has 1 aliphatic heterocycles. The third-order valence-electron chi connectivity index (χ3n) is 4.81. The van der Waals surface area contributed by atoms with E-state index in [1.54, 1.807) is 12.4 Å². The molecule has 1 saturated heterocycles. The quantitative estimate of drug-likeness (QED) is 0.659. The number of nitrogens with one attached hydrogen (secondary N) is 2. The third-order valence-corrected chi connectivity index (χ3v) is 5.83. The fourth-order valence-electron chi connectivity index (χ4n) is 3.44. The van der Waals surface area contributed by atoms with Crippen LogP contribution in [0.1, 0.15) is 23.7 Å². The zero-order valence-electron chi connectivity index (χ0n) is 15.7. The molecular formula is C19H20ClN7OS. The van der Waals surface area contributed by atoms with E-state index in [0.29, 0.717) is 11.6 Å². The van der Waals surface area contributed by atoms with Crippen LogP contribution >= 0.6 is 23.1 Å². The van der Waals surface area contributed by atoms with Gasteiger partial charge in [-0.2, -0.15) is 9.47 Å². The van der Waals surface area contributed by atoms with Gasteiger partial charge in [0.25, 0.3) is 0 Å². The summed E-state index contributed by atoms with van der Waals surface area (Å²) < 4.78 is 4.19. The fourth-order valence-corrected chi connectivity index (χ4v) is 4.21. The maximum Gasteiger partial charge on any atom is 0.320 e. The van der Waals surface area contributed by atoms with Crippen LogP contribution in [0.15, 0.2) is 42.7 Å². The van der Waals surface area contributed by atoms with Crippen LogP contribution in [0.25, 0.3) is 0 Å². The first-order chi connectivity index (χ1) is 14.1. The highest BCUT2D eigenvalue weighted by Crippen LogP contribution is 2.29. The Balaban J connectivity index is 1.51. The number of hydrogen-bond donors (Lipinski definition) is 2. The Kier molecular flexibility index (Phi) is 5.86. The largest absolute Gasteiger partial charge is 0.354 e. The number of carbonyl (C=O) groups excluding carboxylic acids is 1. The Bertz CT molecular complexity index is 966. The second kappa shape index (κ2) is 8.71. The Hall–Kier alpha value is -2.78. The van der Waals surface area contributed by atoms with E-state index in [1.807, 2.05) is 37.3 Å². The predicted molar refractivity (Wildman–Crippen MR) is 114 cm³/mol. The molecule has 3 aromatic heterocycles. The molecule has 0 spiro atoms. The lowest BCUT2D eigenvalue weighted by atomic mass is 9.89. The molecule has 10 heteroatoms. The molecule has 2 N–H and O–H groups in total. The van der Waals surface area contributed by atoms with Gasteiger partial charge in [0, 0.05) is 43.1 Å². The first-order valence-corrected chi connectivity index (χ1v) is 10.4. The number of hydrogen-bond acceptors (Lipinski definition) is 7. The minimum atomic E-state index is -0.245. The van der Waals surface area contributed by atoms with Crippen LogP contribution in [0.2, 0.25) is 5.02 Å². The van der Waals surface area contributed by atoms with Crippen molar-refractivity contribution >= 4 is 40.0 Å². The summed E-state index contributed by atoms with van der Waals surface area (Å²) >= 11 is 7.28. The summed E-state index contributed by atoms with van der Waals surface area (Å²) in [6, 6.07) is 9.06. The van der Waals surface area contributed by atoms with Crippen molar-refractivity contribution in [2.75, 3.05) is 23.3 Å². The van der Waals surface area contributed by atoms with Gasteiger partial charge in [-0.1, -0.05) is 11.6 Å². The maximum atomic E-state index is 12.6. The van der Waals surface area contributed by atoms with Gasteiger partial charge >= 0.3 is 6.03 Å². The lowest BCUT2D eigenvalue weighted by molar-refractivity contribution is 0.243.